The standard InChI is InChI=1S/C15H23N/c1-15(2,3)14-8-6-12(7-9-14)13-5-4-10-16-11-13/h6-9,13,16H,4-5,10-11H2,1-3H3/t13-/m0/s1. The number of rotatable bonds is 1. The summed E-state index contributed by atoms with van der Waals surface area (Å²) in [6, 6.07) is 9.23. The Balaban J connectivity index is 2.12. The van der Waals surface area contributed by atoms with Gasteiger partial charge < -0.3 is 5.32 Å². The fourth-order valence-corrected chi connectivity index (χ4v) is 2.39. The maximum atomic E-state index is 3.48. The molecule has 1 saturated heterocycles. The minimum absolute atomic E-state index is 0.267. The van der Waals surface area contributed by atoms with E-state index in [4.69, 9.17) is 0 Å². The molecule has 88 valence electrons. The van der Waals surface area contributed by atoms with Gasteiger partial charge in [-0.2, -0.15) is 0 Å². The van der Waals surface area contributed by atoms with Gasteiger partial charge in [0.1, 0.15) is 0 Å². The highest BCUT2D eigenvalue weighted by Gasteiger charge is 2.17. The average Bonchev–Trinajstić information content (AvgIpc) is 2.29. The largest absolute Gasteiger partial charge is 0.316 e. The summed E-state index contributed by atoms with van der Waals surface area (Å²) in [4.78, 5) is 0. The van der Waals surface area contributed by atoms with Crippen molar-refractivity contribution in [3.63, 3.8) is 0 Å². The third-order valence-corrected chi connectivity index (χ3v) is 3.54. The molecule has 1 aliphatic rings. The van der Waals surface area contributed by atoms with Crippen molar-refractivity contribution in [3.8, 4) is 0 Å². The van der Waals surface area contributed by atoms with Gasteiger partial charge in [-0.05, 0) is 41.8 Å². The molecule has 2 rings (SSSR count). The summed E-state index contributed by atoms with van der Waals surface area (Å²) in [5.74, 6) is 0.725. The van der Waals surface area contributed by atoms with Gasteiger partial charge in [0.2, 0.25) is 0 Å². The van der Waals surface area contributed by atoms with E-state index in [1.54, 1.807) is 0 Å². The summed E-state index contributed by atoms with van der Waals surface area (Å²) in [6.07, 6.45) is 2.65. The van der Waals surface area contributed by atoms with E-state index in [2.05, 4.69) is 50.4 Å². The highest BCUT2D eigenvalue weighted by molar-refractivity contribution is 5.29. The molecule has 0 unspecified atom stereocenters. The van der Waals surface area contributed by atoms with Gasteiger partial charge in [-0.1, -0.05) is 45.0 Å². The number of piperidine rings is 1. The van der Waals surface area contributed by atoms with Crippen LogP contribution in [0.15, 0.2) is 24.3 Å². The second kappa shape index (κ2) is 4.58. The quantitative estimate of drug-likeness (QED) is 0.759. The molecule has 1 atom stereocenters. The minimum Gasteiger partial charge on any atom is -0.316 e. The van der Waals surface area contributed by atoms with Crippen LogP contribution >= 0.6 is 0 Å². The van der Waals surface area contributed by atoms with Gasteiger partial charge in [-0.15, -0.1) is 0 Å². The van der Waals surface area contributed by atoms with Crippen molar-refractivity contribution in [1.82, 2.24) is 5.32 Å². The van der Waals surface area contributed by atoms with Crippen LogP contribution in [-0.4, -0.2) is 13.1 Å². The molecule has 1 aromatic carbocycles. The van der Waals surface area contributed by atoms with Gasteiger partial charge in [-0.25, -0.2) is 0 Å². The second-order valence-electron chi connectivity index (χ2n) is 5.92. The number of benzene rings is 1. The van der Waals surface area contributed by atoms with Crippen molar-refractivity contribution in [2.45, 2.75) is 44.9 Å². The van der Waals surface area contributed by atoms with Crippen molar-refractivity contribution in [1.29, 1.82) is 0 Å². The summed E-state index contributed by atoms with van der Waals surface area (Å²) in [5, 5.41) is 3.48. The molecule has 0 bridgehead atoms. The van der Waals surface area contributed by atoms with Crippen molar-refractivity contribution >= 4 is 0 Å². The first-order valence-electron chi connectivity index (χ1n) is 6.38. The predicted molar refractivity (Wildman–Crippen MR) is 70.0 cm³/mol. The molecular formula is C15H23N. The summed E-state index contributed by atoms with van der Waals surface area (Å²) < 4.78 is 0. The van der Waals surface area contributed by atoms with Gasteiger partial charge in [0.05, 0.1) is 0 Å². The van der Waals surface area contributed by atoms with Crippen LogP contribution in [0.5, 0.6) is 0 Å². The summed E-state index contributed by atoms with van der Waals surface area (Å²) in [5.41, 5.74) is 3.20. The topological polar surface area (TPSA) is 12.0 Å². The van der Waals surface area contributed by atoms with Crippen molar-refractivity contribution in [2.24, 2.45) is 0 Å². The van der Waals surface area contributed by atoms with Crippen molar-refractivity contribution in [3.05, 3.63) is 35.4 Å². The van der Waals surface area contributed by atoms with Gasteiger partial charge in [0.15, 0.2) is 0 Å². The van der Waals surface area contributed by atoms with E-state index in [0.717, 1.165) is 12.5 Å². The van der Waals surface area contributed by atoms with Gasteiger partial charge in [0.25, 0.3) is 0 Å². The van der Waals surface area contributed by atoms with Crippen molar-refractivity contribution in [2.75, 3.05) is 13.1 Å². The molecule has 16 heavy (non-hydrogen) atoms. The van der Waals surface area contributed by atoms with E-state index in [0.29, 0.717) is 0 Å². The number of hydrogen-bond acceptors (Lipinski definition) is 1. The molecule has 0 radical (unpaired) electrons. The van der Waals surface area contributed by atoms with Crippen molar-refractivity contribution < 1.29 is 0 Å². The smallest absolute Gasteiger partial charge is 0.00201 e. The molecule has 1 heterocycles. The Morgan fingerprint density at radius 1 is 1.12 bits per heavy atom. The predicted octanol–water partition coefficient (Wildman–Crippen LogP) is 3.45. The average molecular weight is 217 g/mol. The van der Waals surface area contributed by atoms with Crippen LogP contribution in [0.25, 0.3) is 0 Å². The lowest BCUT2D eigenvalue weighted by atomic mass is 9.84. The van der Waals surface area contributed by atoms with Crippen LogP contribution in [0.3, 0.4) is 0 Å². The molecular weight excluding hydrogens is 194 g/mol. The molecule has 0 aromatic heterocycles. The second-order valence-corrected chi connectivity index (χ2v) is 5.92. The SMILES string of the molecule is CC(C)(C)c1ccc([C@H]2CCCNC2)cc1. The number of nitrogens with one attached hydrogen (secondary N) is 1. The van der Waals surface area contributed by atoms with Gasteiger partial charge in [0, 0.05) is 6.54 Å². The van der Waals surface area contributed by atoms with Gasteiger partial charge in [-0.3, -0.25) is 0 Å². The maximum Gasteiger partial charge on any atom is 0.00201 e. The van der Waals surface area contributed by atoms with Crippen LogP contribution in [-0.2, 0) is 5.41 Å². The molecule has 0 amide bonds. The van der Waals surface area contributed by atoms with E-state index in [1.165, 1.54) is 30.5 Å². The lowest BCUT2D eigenvalue weighted by Gasteiger charge is -2.24. The lowest BCUT2D eigenvalue weighted by molar-refractivity contribution is 0.461. The van der Waals surface area contributed by atoms with E-state index < -0.39 is 0 Å². The molecule has 1 heteroatoms. The monoisotopic (exact) mass is 217 g/mol. The molecule has 1 aromatic rings. The Morgan fingerprint density at radius 3 is 2.31 bits per heavy atom. The van der Waals surface area contributed by atoms with E-state index in [1.807, 2.05) is 0 Å². The first kappa shape index (κ1) is 11.7. The Kier molecular flexibility index (Phi) is 3.34. The normalized spacial score (nSPS) is 22.1. The first-order chi connectivity index (χ1) is 7.57. The Hall–Kier alpha value is -0.820. The molecule has 0 spiro atoms. The third-order valence-electron chi connectivity index (χ3n) is 3.54. The van der Waals surface area contributed by atoms with E-state index in [-0.39, 0.29) is 5.41 Å². The Morgan fingerprint density at radius 2 is 1.81 bits per heavy atom. The maximum absolute atomic E-state index is 3.48. The Labute approximate surface area is 99.3 Å². The first-order valence-corrected chi connectivity index (χ1v) is 6.38. The summed E-state index contributed by atoms with van der Waals surface area (Å²) >= 11 is 0. The fourth-order valence-electron chi connectivity index (χ4n) is 2.39. The van der Waals surface area contributed by atoms with Crippen LogP contribution in [0.4, 0.5) is 0 Å². The van der Waals surface area contributed by atoms with E-state index in [9.17, 15) is 0 Å². The molecule has 1 aliphatic heterocycles. The van der Waals surface area contributed by atoms with Crippen LogP contribution in [0.1, 0.15) is 50.7 Å². The zero-order valence-electron chi connectivity index (χ0n) is 10.7. The molecule has 1 N–H and O–H groups in total. The molecule has 0 saturated carbocycles. The van der Waals surface area contributed by atoms with Crippen LogP contribution in [0, 0.1) is 0 Å². The minimum atomic E-state index is 0.267. The molecule has 1 fully saturated rings. The summed E-state index contributed by atoms with van der Waals surface area (Å²) in [6.45, 7) is 9.14. The molecule has 0 aliphatic carbocycles. The zero-order valence-corrected chi connectivity index (χ0v) is 10.7. The lowest BCUT2D eigenvalue weighted by Crippen LogP contribution is -2.28. The van der Waals surface area contributed by atoms with Crippen LogP contribution < -0.4 is 5.32 Å². The van der Waals surface area contributed by atoms with Gasteiger partial charge >= 0.3 is 0 Å². The molecule has 1 nitrogen and oxygen atoms in total. The highest BCUT2D eigenvalue weighted by Crippen LogP contribution is 2.27. The summed E-state index contributed by atoms with van der Waals surface area (Å²) in [7, 11) is 0. The number of hydrogen-bond donors (Lipinski definition) is 1. The third kappa shape index (κ3) is 2.65. The van der Waals surface area contributed by atoms with E-state index >= 15 is 0 Å². The van der Waals surface area contributed by atoms with Crippen LogP contribution in [0.2, 0.25) is 0 Å². The highest BCUT2D eigenvalue weighted by atomic mass is 14.9. The zero-order chi connectivity index (χ0) is 11.6. The fraction of sp³-hybridized carbons (Fsp3) is 0.600. The Bertz CT molecular complexity index is 325.